The van der Waals surface area contributed by atoms with Gasteiger partial charge in [0, 0.05) is 6.07 Å². The van der Waals surface area contributed by atoms with Crippen LogP contribution in [0.3, 0.4) is 0 Å². The van der Waals surface area contributed by atoms with E-state index in [4.69, 9.17) is 60.6 Å². The molecule has 9 heteroatoms. The quantitative estimate of drug-likeness (QED) is 0.502. The number of hydrogen-bond donors (Lipinski definition) is 1. The number of halogens is 4. The smallest absolute Gasteiger partial charge is 0.262 e. The summed E-state index contributed by atoms with van der Waals surface area (Å²) in [4.78, 5) is 12.2. The molecule has 0 aliphatic heterocycles. The third kappa shape index (κ3) is 4.76. The molecule has 2 aromatic carbocycles. The van der Waals surface area contributed by atoms with E-state index in [0.717, 1.165) is 0 Å². The van der Waals surface area contributed by atoms with E-state index in [0.29, 0.717) is 17.2 Å². The fraction of sp³-hybridized carbons (Fsp3) is 0.188. The van der Waals surface area contributed by atoms with Gasteiger partial charge in [-0.3, -0.25) is 4.79 Å². The Balaban J connectivity index is 2.11. The molecule has 2 aromatic rings. The van der Waals surface area contributed by atoms with Crippen molar-refractivity contribution in [2.75, 3.05) is 26.1 Å². The first kappa shape index (κ1) is 19.8. The Bertz CT molecular complexity index is 798. The van der Waals surface area contributed by atoms with Crippen LogP contribution in [0.2, 0.25) is 20.1 Å². The Morgan fingerprint density at radius 2 is 1.72 bits per heavy atom. The van der Waals surface area contributed by atoms with Gasteiger partial charge in [0.2, 0.25) is 0 Å². The van der Waals surface area contributed by atoms with Crippen molar-refractivity contribution >= 4 is 58.0 Å². The van der Waals surface area contributed by atoms with Crippen LogP contribution in [-0.4, -0.2) is 26.7 Å². The van der Waals surface area contributed by atoms with Crippen molar-refractivity contribution in [2.45, 2.75) is 0 Å². The number of carbonyl (C=O) groups excluding carboxylic acids is 1. The first-order chi connectivity index (χ1) is 11.9. The number of ether oxygens (including phenoxy) is 3. The van der Waals surface area contributed by atoms with Gasteiger partial charge in [0.1, 0.15) is 16.5 Å². The zero-order valence-electron chi connectivity index (χ0n) is 13.2. The van der Waals surface area contributed by atoms with Crippen LogP contribution in [0.15, 0.2) is 24.3 Å². The molecular formula is C16H13Cl4NO4. The van der Waals surface area contributed by atoms with Crippen LogP contribution in [0.1, 0.15) is 0 Å². The molecule has 0 bridgehead atoms. The number of methoxy groups -OCH3 is 2. The minimum absolute atomic E-state index is 0.0333. The second kappa shape index (κ2) is 8.72. The van der Waals surface area contributed by atoms with Gasteiger partial charge in [-0.1, -0.05) is 46.4 Å². The summed E-state index contributed by atoms with van der Waals surface area (Å²) >= 11 is 23.9. The summed E-state index contributed by atoms with van der Waals surface area (Å²) in [6.45, 7) is -0.349. The first-order valence-corrected chi connectivity index (χ1v) is 8.36. The van der Waals surface area contributed by atoms with Crippen LogP contribution in [0.4, 0.5) is 5.69 Å². The van der Waals surface area contributed by atoms with E-state index in [1.807, 2.05) is 0 Å². The third-order valence-electron chi connectivity index (χ3n) is 3.10. The van der Waals surface area contributed by atoms with Crippen LogP contribution < -0.4 is 19.5 Å². The molecule has 1 N–H and O–H groups in total. The molecular weight excluding hydrogens is 412 g/mol. The SMILES string of the molecule is COc1ccc(OC)c(NC(=O)COc2c(Cl)cc(Cl)c(Cl)c2Cl)c1. The predicted octanol–water partition coefficient (Wildman–Crippen LogP) is 5.33. The highest BCUT2D eigenvalue weighted by molar-refractivity contribution is 6.50. The standard InChI is InChI=1S/C16H13Cl4NO4/c1-23-8-3-4-12(24-2)11(5-8)21-13(22)7-25-16-10(18)6-9(17)14(19)15(16)20/h3-6H,7H2,1-2H3,(H,21,22). The second-order valence-corrected chi connectivity index (χ2v) is 6.27. The molecule has 1 amide bonds. The Morgan fingerprint density at radius 1 is 1.00 bits per heavy atom. The third-order valence-corrected chi connectivity index (χ3v) is 4.63. The second-order valence-electron chi connectivity index (χ2n) is 4.70. The van der Waals surface area contributed by atoms with Gasteiger partial charge < -0.3 is 19.5 Å². The van der Waals surface area contributed by atoms with Crippen LogP contribution in [0.25, 0.3) is 0 Å². The van der Waals surface area contributed by atoms with Crippen molar-refractivity contribution in [1.29, 1.82) is 0 Å². The molecule has 0 aliphatic carbocycles. The molecule has 0 radical (unpaired) electrons. The lowest BCUT2D eigenvalue weighted by Gasteiger charge is -2.14. The molecule has 0 unspecified atom stereocenters. The summed E-state index contributed by atoms with van der Waals surface area (Å²) < 4.78 is 15.7. The van der Waals surface area contributed by atoms with Gasteiger partial charge in [0.05, 0.1) is 35.0 Å². The maximum atomic E-state index is 12.2. The van der Waals surface area contributed by atoms with E-state index in [1.54, 1.807) is 18.2 Å². The Kier molecular flexibility index (Phi) is 6.90. The molecule has 0 spiro atoms. The van der Waals surface area contributed by atoms with Crippen molar-refractivity contribution in [2.24, 2.45) is 0 Å². The Labute approximate surface area is 164 Å². The number of rotatable bonds is 6. The van der Waals surface area contributed by atoms with E-state index < -0.39 is 5.91 Å². The number of benzene rings is 2. The summed E-state index contributed by atoms with van der Waals surface area (Å²) in [6.07, 6.45) is 0. The number of anilines is 1. The zero-order chi connectivity index (χ0) is 18.6. The number of hydrogen-bond acceptors (Lipinski definition) is 4. The van der Waals surface area contributed by atoms with Crippen LogP contribution in [0.5, 0.6) is 17.2 Å². The van der Waals surface area contributed by atoms with Gasteiger partial charge >= 0.3 is 0 Å². The highest BCUT2D eigenvalue weighted by Gasteiger charge is 2.17. The summed E-state index contributed by atoms with van der Waals surface area (Å²) in [5, 5.41) is 3.12. The molecule has 0 aliphatic rings. The van der Waals surface area contributed by atoms with Crippen molar-refractivity contribution in [3.63, 3.8) is 0 Å². The minimum atomic E-state index is -0.454. The Morgan fingerprint density at radius 3 is 2.36 bits per heavy atom. The number of amides is 1. The lowest BCUT2D eigenvalue weighted by Crippen LogP contribution is -2.20. The number of nitrogens with one attached hydrogen (secondary N) is 1. The van der Waals surface area contributed by atoms with E-state index in [1.165, 1.54) is 20.3 Å². The largest absolute Gasteiger partial charge is 0.497 e. The van der Waals surface area contributed by atoms with Crippen molar-refractivity contribution < 1.29 is 19.0 Å². The molecule has 0 saturated heterocycles. The van der Waals surface area contributed by atoms with Crippen LogP contribution >= 0.6 is 46.4 Å². The lowest BCUT2D eigenvalue weighted by molar-refractivity contribution is -0.118. The lowest BCUT2D eigenvalue weighted by atomic mass is 10.2. The summed E-state index contributed by atoms with van der Waals surface area (Å²) in [5.74, 6) is 0.655. The highest BCUT2D eigenvalue weighted by Crippen LogP contribution is 2.42. The van der Waals surface area contributed by atoms with Crippen molar-refractivity contribution in [3.8, 4) is 17.2 Å². The maximum absolute atomic E-state index is 12.2. The van der Waals surface area contributed by atoms with Gasteiger partial charge in [-0.15, -0.1) is 0 Å². The molecule has 0 fully saturated rings. The monoisotopic (exact) mass is 423 g/mol. The highest BCUT2D eigenvalue weighted by atomic mass is 35.5. The topological polar surface area (TPSA) is 56.8 Å². The molecule has 0 heterocycles. The minimum Gasteiger partial charge on any atom is -0.497 e. The zero-order valence-corrected chi connectivity index (χ0v) is 16.2. The molecule has 134 valence electrons. The summed E-state index contributed by atoms with van der Waals surface area (Å²) in [5.41, 5.74) is 0.432. The van der Waals surface area contributed by atoms with Gasteiger partial charge in [0.15, 0.2) is 12.4 Å². The normalized spacial score (nSPS) is 10.3. The molecule has 25 heavy (non-hydrogen) atoms. The maximum Gasteiger partial charge on any atom is 0.262 e. The molecule has 0 aromatic heterocycles. The molecule has 0 saturated carbocycles. The van der Waals surface area contributed by atoms with E-state index >= 15 is 0 Å². The van der Waals surface area contributed by atoms with Crippen LogP contribution in [-0.2, 0) is 4.79 Å². The Hall–Kier alpha value is -1.53. The molecule has 5 nitrogen and oxygen atoms in total. The van der Waals surface area contributed by atoms with Gasteiger partial charge in [0.25, 0.3) is 5.91 Å². The summed E-state index contributed by atoms with van der Waals surface area (Å²) in [7, 11) is 3.01. The molecule has 0 atom stereocenters. The fourth-order valence-electron chi connectivity index (χ4n) is 1.92. The number of carbonyl (C=O) groups is 1. The molecule has 2 rings (SSSR count). The summed E-state index contributed by atoms with van der Waals surface area (Å²) in [6, 6.07) is 6.38. The van der Waals surface area contributed by atoms with Crippen LogP contribution in [0, 0.1) is 0 Å². The van der Waals surface area contributed by atoms with Crippen molar-refractivity contribution in [1.82, 2.24) is 0 Å². The average molecular weight is 425 g/mol. The average Bonchev–Trinajstić information content (AvgIpc) is 2.59. The van der Waals surface area contributed by atoms with E-state index in [9.17, 15) is 4.79 Å². The van der Waals surface area contributed by atoms with Crippen molar-refractivity contribution in [3.05, 3.63) is 44.4 Å². The van der Waals surface area contributed by atoms with Gasteiger partial charge in [-0.2, -0.15) is 0 Å². The van der Waals surface area contributed by atoms with E-state index in [2.05, 4.69) is 5.32 Å². The van der Waals surface area contributed by atoms with Gasteiger partial charge in [-0.05, 0) is 18.2 Å². The predicted molar refractivity (Wildman–Crippen MR) is 100 cm³/mol. The van der Waals surface area contributed by atoms with Gasteiger partial charge in [-0.25, -0.2) is 0 Å². The first-order valence-electron chi connectivity index (χ1n) is 6.85. The fourth-order valence-corrected chi connectivity index (χ4v) is 2.93. The van der Waals surface area contributed by atoms with E-state index in [-0.39, 0.29) is 32.4 Å².